The summed E-state index contributed by atoms with van der Waals surface area (Å²) in [5.74, 6) is -0.223. The number of aromatic nitrogens is 2. The molecule has 6 nitrogen and oxygen atoms in total. The van der Waals surface area contributed by atoms with Crippen molar-refractivity contribution in [3.8, 4) is 0 Å². The van der Waals surface area contributed by atoms with Gasteiger partial charge in [-0.05, 0) is 30.2 Å². The number of halogens is 1. The number of thiophene rings is 1. The molecule has 1 unspecified atom stereocenters. The van der Waals surface area contributed by atoms with Crippen LogP contribution >= 0.6 is 22.9 Å². The Kier molecular flexibility index (Phi) is 4.00. The van der Waals surface area contributed by atoms with Crippen molar-refractivity contribution in [2.45, 2.75) is 30.5 Å². The first-order chi connectivity index (χ1) is 10.4. The molecule has 118 valence electrons. The van der Waals surface area contributed by atoms with Gasteiger partial charge in [0.05, 0.1) is 22.5 Å². The lowest BCUT2D eigenvalue weighted by Gasteiger charge is -2.20. The molecule has 0 bridgehead atoms. The third-order valence-corrected chi connectivity index (χ3v) is 6.98. The summed E-state index contributed by atoms with van der Waals surface area (Å²) >= 11 is 6.80. The predicted molar refractivity (Wildman–Crippen MR) is 83.7 cm³/mol. The van der Waals surface area contributed by atoms with Crippen molar-refractivity contribution >= 4 is 38.9 Å². The second-order valence-electron chi connectivity index (χ2n) is 5.32. The molecule has 0 spiro atoms. The van der Waals surface area contributed by atoms with Gasteiger partial charge in [0.25, 0.3) is 15.9 Å². The molecular weight excluding hydrogens is 346 g/mol. The van der Waals surface area contributed by atoms with Crippen molar-refractivity contribution in [1.29, 1.82) is 0 Å². The lowest BCUT2D eigenvalue weighted by molar-refractivity contribution is 0.0980. The number of fused-ring (bicyclic) bond motifs is 1. The Bertz CT molecular complexity index is 825. The van der Waals surface area contributed by atoms with Crippen molar-refractivity contribution in [2.24, 2.45) is 5.92 Å². The molecule has 0 aliphatic carbocycles. The van der Waals surface area contributed by atoms with E-state index in [-0.39, 0.29) is 9.23 Å². The standard InChI is InChI=1S/C13H14ClN3O3S2/c1-8-2-4-17-11(6-8)9(7-15-17)12(18)16-22(19,20)13-10(14)3-5-21-13/h3,5,7-8H,2,4,6H2,1H3,(H,16,18). The van der Waals surface area contributed by atoms with Crippen LogP contribution in [0.1, 0.15) is 29.4 Å². The van der Waals surface area contributed by atoms with Crippen molar-refractivity contribution in [1.82, 2.24) is 14.5 Å². The summed E-state index contributed by atoms with van der Waals surface area (Å²) < 4.78 is 28.2. The second-order valence-corrected chi connectivity index (χ2v) is 8.52. The van der Waals surface area contributed by atoms with Crippen LogP contribution in [0.15, 0.2) is 21.9 Å². The van der Waals surface area contributed by atoms with Gasteiger partial charge in [0.1, 0.15) is 0 Å². The van der Waals surface area contributed by atoms with Gasteiger partial charge in [-0.2, -0.15) is 5.10 Å². The summed E-state index contributed by atoms with van der Waals surface area (Å²) in [6.45, 7) is 2.84. The van der Waals surface area contributed by atoms with Gasteiger partial charge in [-0.3, -0.25) is 9.48 Å². The number of sulfonamides is 1. The maximum Gasteiger partial charge on any atom is 0.275 e. The molecule has 2 aromatic heterocycles. The van der Waals surface area contributed by atoms with Crippen molar-refractivity contribution in [3.63, 3.8) is 0 Å². The summed E-state index contributed by atoms with van der Waals surface area (Å²) in [6.07, 6.45) is 3.13. The minimum absolute atomic E-state index is 0.0584. The van der Waals surface area contributed by atoms with Crippen LogP contribution in [0.3, 0.4) is 0 Å². The van der Waals surface area contributed by atoms with Crippen LogP contribution in [0.2, 0.25) is 5.02 Å². The van der Waals surface area contributed by atoms with E-state index in [4.69, 9.17) is 11.6 Å². The first kappa shape index (κ1) is 15.5. The Morgan fingerprint density at radius 2 is 2.32 bits per heavy atom. The molecular formula is C13H14ClN3O3S2. The number of rotatable bonds is 3. The molecule has 1 atom stereocenters. The summed E-state index contributed by atoms with van der Waals surface area (Å²) in [6, 6.07) is 1.48. The normalized spacial score (nSPS) is 18.0. The quantitative estimate of drug-likeness (QED) is 0.911. The number of hydrogen-bond acceptors (Lipinski definition) is 5. The van der Waals surface area contributed by atoms with Crippen molar-refractivity contribution in [2.75, 3.05) is 0 Å². The fraction of sp³-hybridized carbons (Fsp3) is 0.385. The molecule has 1 N–H and O–H groups in total. The number of carbonyl (C=O) groups excluding carboxylic acids is 1. The lowest BCUT2D eigenvalue weighted by Crippen LogP contribution is -2.31. The number of carbonyl (C=O) groups is 1. The van der Waals surface area contributed by atoms with E-state index < -0.39 is 15.9 Å². The average Bonchev–Trinajstić information content (AvgIpc) is 3.04. The van der Waals surface area contributed by atoms with E-state index in [0.29, 0.717) is 17.9 Å². The van der Waals surface area contributed by atoms with Gasteiger partial charge in [-0.15, -0.1) is 11.3 Å². The smallest absolute Gasteiger partial charge is 0.269 e. The number of nitrogens with zero attached hydrogens (tertiary/aromatic N) is 2. The topological polar surface area (TPSA) is 81.1 Å². The molecule has 0 aromatic carbocycles. The Balaban J connectivity index is 1.87. The van der Waals surface area contributed by atoms with Gasteiger partial charge in [0.2, 0.25) is 0 Å². The van der Waals surface area contributed by atoms with Gasteiger partial charge in [0, 0.05) is 6.54 Å². The van der Waals surface area contributed by atoms with Crippen LogP contribution < -0.4 is 4.72 Å². The molecule has 1 aliphatic rings. The largest absolute Gasteiger partial charge is 0.275 e. The van der Waals surface area contributed by atoms with E-state index in [9.17, 15) is 13.2 Å². The molecule has 2 aromatic rings. The zero-order valence-electron chi connectivity index (χ0n) is 11.7. The highest BCUT2D eigenvalue weighted by Crippen LogP contribution is 2.27. The van der Waals surface area contributed by atoms with Gasteiger partial charge in [-0.1, -0.05) is 18.5 Å². The first-order valence-corrected chi connectivity index (χ1v) is 9.47. The Morgan fingerprint density at radius 3 is 3.00 bits per heavy atom. The van der Waals surface area contributed by atoms with Gasteiger partial charge in [0.15, 0.2) is 4.21 Å². The first-order valence-electron chi connectivity index (χ1n) is 6.73. The molecule has 0 fully saturated rings. The van der Waals surface area contributed by atoms with Crippen molar-refractivity contribution in [3.05, 3.63) is 33.9 Å². The molecule has 3 heterocycles. The SMILES string of the molecule is CC1CCn2ncc(C(=O)NS(=O)(=O)c3sccc3Cl)c2C1. The maximum atomic E-state index is 12.3. The summed E-state index contributed by atoms with van der Waals surface area (Å²) in [7, 11) is -3.96. The minimum atomic E-state index is -3.96. The average molecular weight is 360 g/mol. The van der Waals surface area contributed by atoms with Crippen molar-refractivity contribution < 1.29 is 13.2 Å². The van der Waals surface area contributed by atoms with E-state index in [0.717, 1.165) is 30.0 Å². The minimum Gasteiger partial charge on any atom is -0.269 e. The number of hydrogen-bond donors (Lipinski definition) is 1. The molecule has 0 radical (unpaired) electrons. The highest BCUT2D eigenvalue weighted by molar-refractivity contribution is 7.92. The molecule has 1 amide bonds. The molecule has 9 heteroatoms. The third kappa shape index (κ3) is 2.78. The van der Waals surface area contributed by atoms with Gasteiger partial charge < -0.3 is 0 Å². The monoisotopic (exact) mass is 359 g/mol. The second kappa shape index (κ2) is 5.68. The fourth-order valence-electron chi connectivity index (χ4n) is 2.48. The Hall–Kier alpha value is -1.38. The fourth-order valence-corrected chi connectivity index (χ4v) is 5.13. The lowest BCUT2D eigenvalue weighted by atomic mass is 9.96. The summed E-state index contributed by atoms with van der Waals surface area (Å²) in [4.78, 5) is 12.3. The van der Waals surface area contributed by atoms with Crippen LogP contribution in [-0.2, 0) is 23.0 Å². The number of aryl methyl sites for hydroxylation is 1. The Morgan fingerprint density at radius 1 is 1.55 bits per heavy atom. The van der Waals surface area contributed by atoms with E-state index in [1.165, 1.54) is 12.3 Å². The highest BCUT2D eigenvalue weighted by atomic mass is 35.5. The van der Waals surface area contributed by atoms with E-state index in [1.807, 2.05) is 0 Å². The van der Waals surface area contributed by atoms with Gasteiger partial charge in [-0.25, -0.2) is 13.1 Å². The summed E-state index contributed by atoms with van der Waals surface area (Å²) in [5.41, 5.74) is 1.09. The van der Waals surface area contributed by atoms with Crippen LogP contribution in [0, 0.1) is 5.92 Å². The summed E-state index contributed by atoms with van der Waals surface area (Å²) in [5, 5.41) is 5.83. The van der Waals surface area contributed by atoms with Crippen LogP contribution in [0.25, 0.3) is 0 Å². The van der Waals surface area contributed by atoms with E-state index >= 15 is 0 Å². The van der Waals surface area contributed by atoms with E-state index in [2.05, 4.69) is 16.7 Å². The molecule has 1 aliphatic heterocycles. The maximum absolute atomic E-state index is 12.3. The predicted octanol–water partition coefficient (Wildman–Crippen LogP) is 2.30. The van der Waals surface area contributed by atoms with Gasteiger partial charge >= 0.3 is 0 Å². The van der Waals surface area contributed by atoms with Crippen LogP contribution in [0.5, 0.6) is 0 Å². The molecule has 22 heavy (non-hydrogen) atoms. The molecule has 0 saturated carbocycles. The Labute approximate surface area is 137 Å². The third-order valence-electron chi connectivity index (χ3n) is 3.62. The number of nitrogens with one attached hydrogen (secondary N) is 1. The highest BCUT2D eigenvalue weighted by Gasteiger charge is 2.27. The van der Waals surface area contributed by atoms with Crippen LogP contribution in [0.4, 0.5) is 0 Å². The zero-order valence-corrected chi connectivity index (χ0v) is 14.1. The molecule has 0 saturated heterocycles. The molecule has 3 rings (SSSR count). The zero-order chi connectivity index (χ0) is 15.9. The van der Waals surface area contributed by atoms with E-state index in [1.54, 1.807) is 10.1 Å². The number of amides is 1. The van der Waals surface area contributed by atoms with Crippen LogP contribution in [-0.4, -0.2) is 24.1 Å².